The van der Waals surface area contributed by atoms with Crippen LogP contribution in [0.4, 0.5) is 16.6 Å². The molecule has 3 aromatic rings. The second-order valence-electron chi connectivity index (χ2n) is 6.02. The molecule has 26 heavy (non-hydrogen) atoms. The standard InChI is InChI=1S/C20H21N3O2S/c1-4-25-16-7-5-14(6-8-16)17(24)18-19(21)23-20(26-18)22-15-10-12(2)9-13(3)11-15/h5-11H,4,21H2,1-3H3,(H,22,23). The Morgan fingerprint density at radius 2 is 1.81 bits per heavy atom. The number of carbonyl (C=O) groups excluding carboxylic acids is 1. The first-order valence-electron chi connectivity index (χ1n) is 8.35. The summed E-state index contributed by atoms with van der Waals surface area (Å²) in [4.78, 5) is 17.5. The zero-order chi connectivity index (χ0) is 18.7. The summed E-state index contributed by atoms with van der Waals surface area (Å²) in [6, 6.07) is 13.2. The average Bonchev–Trinajstić information content (AvgIpc) is 2.94. The van der Waals surface area contributed by atoms with E-state index in [4.69, 9.17) is 10.5 Å². The van der Waals surface area contributed by atoms with Crippen LogP contribution in [0.5, 0.6) is 5.75 Å². The normalized spacial score (nSPS) is 10.6. The molecule has 1 aromatic heterocycles. The Bertz CT molecular complexity index is 912. The van der Waals surface area contributed by atoms with Gasteiger partial charge in [0.1, 0.15) is 16.4 Å². The molecule has 0 aliphatic heterocycles. The summed E-state index contributed by atoms with van der Waals surface area (Å²) in [5.74, 6) is 0.829. The largest absolute Gasteiger partial charge is 0.494 e. The number of aromatic nitrogens is 1. The van der Waals surface area contributed by atoms with E-state index < -0.39 is 0 Å². The molecular formula is C20H21N3O2S. The van der Waals surface area contributed by atoms with Gasteiger partial charge in [-0.15, -0.1) is 0 Å². The number of thiazole rings is 1. The molecule has 3 rings (SSSR count). The molecule has 0 bridgehead atoms. The van der Waals surface area contributed by atoms with Crippen LogP contribution in [0, 0.1) is 13.8 Å². The maximum Gasteiger partial charge on any atom is 0.206 e. The molecule has 0 atom stereocenters. The molecule has 0 aliphatic rings. The lowest BCUT2D eigenvalue weighted by Gasteiger charge is -2.05. The van der Waals surface area contributed by atoms with Gasteiger partial charge in [-0.1, -0.05) is 17.4 Å². The van der Waals surface area contributed by atoms with Crippen LogP contribution in [0.15, 0.2) is 42.5 Å². The van der Waals surface area contributed by atoms with Crippen LogP contribution in [0.25, 0.3) is 0 Å². The molecule has 0 fully saturated rings. The van der Waals surface area contributed by atoms with E-state index in [1.807, 2.05) is 32.9 Å². The highest BCUT2D eigenvalue weighted by Gasteiger charge is 2.18. The molecule has 3 N–H and O–H groups in total. The molecule has 6 heteroatoms. The van der Waals surface area contributed by atoms with Crippen molar-refractivity contribution in [2.24, 2.45) is 0 Å². The summed E-state index contributed by atoms with van der Waals surface area (Å²) in [5.41, 5.74) is 9.78. The quantitative estimate of drug-likeness (QED) is 0.617. The van der Waals surface area contributed by atoms with Gasteiger partial charge in [0.05, 0.1) is 6.61 Å². The molecular weight excluding hydrogens is 346 g/mol. The van der Waals surface area contributed by atoms with Crippen molar-refractivity contribution in [3.05, 3.63) is 64.0 Å². The van der Waals surface area contributed by atoms with Crippen molar-refractivity contribution in [1.29, 1.82) is 0 Å². The van der Waals surface area contributed by atoms with Crippen molar-refractivity contribution in [1.82, 2.24) is 4.98 Å². The Morgan fingerprint density at radius 3 is 2.42 bits per heavy atom. The highest BCUT2D eigenvalue weighted by Crippen LogP contribution is 2.30. The second-order valence-corrected chi connectivity index (χ2v) is 7.02. The number of nitrogens with two attached hydrogens (primary N) is 1. The average molecular weight is 367 g/mol. The predicted molar refractivity (Wildman–Crippen MR) is 107 cm³/mol. The fourth-order valence-corrected chi connectivity index (χ4v) is 3.59. The molecule has 0 spiro atoms. The minimum Gasteiger partial charge on any atom is -0.494 e. The van der Waals surface area contributed by atoms with Crippen molar-refractivity contribution in [3.8, 4) is 5.75 Å². The fraction of sp³-hybridized carbons (Fsp3) is 0.200. The Morgan fingerprint density at radius 1 is 1.15 bits per heavy atom. The summed E-state index contributed by atoms with van der Waals surface area (Å²) in [7, 11) is 0. The minimum atomic E-state index is -0.142. The topological polar surface area (TPSA) is 77.2 Å². The van der Waals surface area contributed by atoms with Crippen LogP contribution in [0.2, 0.25) is 0 Å². The SMILES string of the molecule is CCOc1ccc(C(=O)c2sc(Nc3cc(C)cc(C)c3)nc2N)cc1. The molecule has 134 valence electrons. The van der Waals surface area contributed by atoms with Crippen LogP contribution in [0.1, 0.15) is 33.3 Å². The molecule has 0 saturated carbocycles. The van der Waals surface area contributed by atoms with Crippen molar-refractivity contribution in [3.63, 3.8) is 0 Å². The number of benzene rings is 2. The highest BCUT2D eigenvalue weighted by molar-refractivity contribution is 7.18. The lowest BCUT2D eigenvalue weighted by atomic mass is 10.1. The number of nitrogens with one attached hydrogen (secondary N) is 1. The zero-order valence-electron chi connectivity index (χ0n) is 15.0. The Labute approximate surface area is 156 Å². The predicted octanol–water partition coefficient (Wildman–Crippen LogP) is 4.72. The van der Waals surface area contributed by atoms with Gasteiger partial charge in [-0.2, -0.15) is 0 Å². The number of anilines is 3. The maximum atomic E-state index is 12.7. The molecule has 2 aromatic carbocycles. The number of ether oxygens (including phenoxy) is 1. The smallest absolute Gasteiger partial charge is 0.206 e. The van der Waals surface area contributed by atoms with E-state index in [2.05, 4.69) is 16.4 Å². The van der Waals surface area contributed by atoms with Crippen LogP contribution >= 0.6 is 11.3 Å². The molecule has 0 unspecified atom stereocenters. The summed E-state index contributed by atoms with van der Waals surface area (Å²) in [6.45, 7) is 6.58. The first-order chi connectivity index (χ1) is 12.5. The molecule has 1 heterocycles. The number of hydrogen-bond donors (Lipinski definition) is 2. The number of hydrogen-bond acceptors (Lipinski definition) is 6. The molecule has 0 amide bonds. The molecule has 0 saturated heterocycles. The van der Waals surface area contributed by atoms with E-state index in [0.717, 1.165) is 22.6 Å². The number of carbonyl (C=O) groups is 1. The van der Waals surface area contributed by atoms with Crippen LogP contribution in [-0.4, -0.2) is 17.4 Å². The number of nitrogens with zero attached hydrogens (tertiary/aromatic N) is 1. The fourth-order valence-electron chi connectivity index (χ4n) is 2.72. The second kappa shape index (κ2) is 7.58. The number of aryl methyl sites for hydroxylation is 2. The monoisotopic (exact) mass is 367 g/mol. The summed E-state index contributed by atoms with van der Waals surface area (Å²) >= 11 is 1.26. The maximum absolute atomic E-state index is 12.7. The van der Waals surface area contributed by atoms with Crippen LogP contribution in [0.3, 0.4) is 0 Å². The first kappa shape index (κ1) is 17.9. The van der Waals surface area contributed by atoms with Gasteiger partial charge in [0.25, 0.3) is 0 Å². The third-order valence-corrected chi connectivity index (χ3v) is 4.75. The van der Waals surface area contributed by atoms with Gasteiger partial charge >= 0.3 is 0 Å². The van der Waals surface area contributed by atoms with Crippen LogP contribution in [-0.2, 0) is 0 Å². The van der Waals surface area contributed by atoms with E-state index >= 15 is 0 Å². The molecule has 0 radical (unpaired) electrons. The van der Waals surface area contributed by atoms with Gasteiger partial charge < -0.3 is 15.8 Å². The Hall–Kier alpha value is -2.86. The highest BCUT2D eigenvalue weighted by atomic mass is 32.1. The van der Waals surface area contributed by atoms with E-state index in [0.29, 0.717) is 22.2 Å². The molecule has 5 nitrogen and oxygen atoms in total. The van der Waals surface area contributed by atoms with E-state index in [1.54, 1.807) is 24.3 Å². The molecule has 0 aliphatic carbocycles. The van der Waals surface area contributed by atoms with Crippen molar-refractivity contribution < 1.29 is 9.53 Å². The minimum absolute atomic E-state index is 0.142. The van der Waals surface area contributed by atoms with Gasteiger partial charge in [-0.3, -0.25) is 4.79 Å². The Balaban J connectivity index is 1.81. The lowest BCUT2D eigenvalue weighted by Crippen LogP contribution is -2.02. The van der Waals surface area contributed by atoms with Gasteiger partial charge in [0.15, 0.2) is 5.13 Å². The Kier molecular flexibility index (Phi) is 5.23. The van der Waals surface area contributed by atoms with Crippen molar-refractivity contribution >= 4 is 33.8 Å². The van der Waals surface area contributed by atoms with Gasteiger partial charge in [-0.05, 0) is 68.3 Å². The van der Waals surface area contributed by atoms with E-state index in [1.165, 1.54) is 11.3 Å². The van der Waals surface area contributed by atoms with Crippen LogP contribution < -0.4 is 15.8 Å². The first-order valence-corrected chi connectivity index (χ1v) is 9.17. The number of rotatable bonds is 6. The van der Waals surface area contributed by atoms with Crippen molar-refractivity contribution in [2.45, 2.75) is 20.8 Å². The number of nitrogen functional groups attached to an aromatic ring is 1. The van der Waals surface area contributed by atoms with Gasteiger partial charge in [-0.25, -0.2) is 4.98 Å². The summed E-state index contributed by atoms with van der Waals surface area (Å²) < 4.78 is 5.40. The van der Waals surface area contributed by atoms with E-state index in [-0.39, 0.29) is 11.6 Å². The van der Waals surface area contributed by atoms with Gasteiger partial charge in [0.2, 0.25) is 5.78 Å². The summed E-state index contributed by atoms with van der Waals surface area (Å²) in [5, 5.41) is 3.83. The van der Waals surface area contributed by atoms with Crippen molar-refractivity contribution in [2.75, 3.05) is 17.7 Å². The number of ketones is 1. The van der Waals surface area contributed by atoms with Gasteiger partial charge in [0, 0.05) is 11.3 Å². The summed E-state index contributed by atoms with van der Waals surface area (Å²) in [6.07, 6.45) is 0. The third-order valence-electron chi connectivity index (χ3n) is 3.76. The lowest BCUT2D eigenvalue weighted by molar-refractivity contribution is 0.104. The van der Waals surface area contributed by atoms with E-state index in [9.17, 15) is 4.79 Å². The zero-order valence-corrected chi connectivity index (χ0v) is 15.8. The third kappa shape index (κ3) is 4.03.